The maximum atomic E-state index is 12.7. The predicted molar refractivity (Wildman–Crippen MR) is 44.1 cm³/mol. The van der Waals surface area contributed by atoms with E-state index < -0.39 is 11.6 Å². The SMILES string of the molecule is Fc1c(Cl)cc(Cl)c(F)c1Br. The largest absolute Gasteiger partial charge is 0.204 e. The highest BCUT2D eigenvalue weighted by atomic mass is 79.9. The van der Waals surface area contributed by atoms with Crippen molar-refractivity contribution in [2.45, 2.75) is 0 Å². The number of rotatable bonds is 0. The van der Waals surface area contributed by atoms with Gasteiger partial charge in [-0.1, -0.05) is 23.2 Å². The maximum absolute atomic E-state index is 12.7. The Labute approximate surface area is 80.2 Å². The lowest BCUT2D eigenvalue weighted by Gasteiger charge is -2.00. The lowest BCUT2D eigenvalue weighted by Crippen LogP contribution is -1.86. The quantitative estimate of drug-likeness (QED) is 0.489. The molecule has 60 valence electrons. The molecule has 0 nitrogen and oxygen atoms in total. The van der Waals surface area contributed by atoms with Crippen molar-refractivity contribution in [3.63, 3.8) is 0 Å². The number of hydrogen-bond acceptors (Lipinski definition) is 0. The molecule has 0 spiro atoms. The molecular weight excluding hydrogens is 261 g/mol. The van der Waals surface area contributed by atoms with Gasteiger partial charge in [0.05, 0.1) is 14.5 Å². The smallest absolute Gasteiger partial charge is 0.159 e. The van der Waals surface area contributed by atoms with E-state index in [1.165, 1.54) is 0 Å². The van der Waals surface area contributed by atoms with E-state index in [2.05, 4.69) is 15.9 Å². The number of hydrogen-bond donors (Lipinski definition) is 0. The molecule has 1 aromatic carbocycles. The van der Waals surface area contributed by atoms with Crippen LogP contribution in [0.2, 0.25) is 10.0 Å². The summed E-state index contributed by atoms with van der Waals surface area (Å²) in [6.07, 6.45) is 0. The molecule has 0 fully saturated rings. The van der Waals surface area contributed by atoms with Crippen molar-refractivity contribution < 1.29 is 8.78 Å². The second-order valence-corrected chi connectivity index (χ2v) is 3.39. The van der Waals surface area contributed by atoms with Crippen LogP contribution in [-0.4, -0.2) is 0 Å². The van der Waals surface area contributed by atoms with Crippen molar-refractivity contribution in [3.8, 4) is 0 Å². The van der Waals surface area contributed by atoms with Gasteiger partial charge in [-0.05, 0) is 22.0 Å². The van der Waals surface area contributed by atoms with Crippen molar-refractivity contribution in [1.29, 1.82) is 0 Å². The molecule has 0 saturated carbocycles. The molecule has 0 bridgehead atoms. The Morgan fingerprint density at radius 1 is 1.09 bits per heavy atom. The molecule has 1 rings (SSSR count). The second-order valence-electron chi connectivity index (χ2n) is 1.78. The Hall–Kier alpha value is 0.140. The highest BCUT2D eigenvalue weighted by Gasteiger charge is 2.13. The van der Waals surface area contributed by atoms with Crippen molar-refractivity contribution in [3.05, 3.63) is 32.2 Å². The van der Waals surface area contributed by atoms with Crippen LogP contribution in [0.5, 0.6) is 0 Å². The molecule has 1 aromatic rings. The average molecular weight is 262 g/mol. The highest BCUT2D eigenvalue weighted by Crippen LogP contribution is 2.31. The Balaban J connectivity index is 3.46. The first-order valence-corrected chi connectivity index (χ1v) is 4.07. The first-order valence-electron chi connectivity index (χ1n) is 2.52. The van der Waals surface area contributed by atoms with E-state index in [1.807, 2.05) is 0 Å². The summed E-state index contributed by atoms with van der Waals surface area (Å²) < 4.78 is 25.1. The third kappa shape index (κ3) is 1.66. The molecule has 11 heavy (non-hydrogen) atoms. The Kier molecular flexibility index (Phi) is 2.73. The van der Waals surface area contributed by atoms with Crippen LogP contribution in [0.1, 0.15) is 0 Å². The fourth-order valence-electron chi connectivity index (χ4n) is 0.544. The third-order valence-electron chi connectivity index (χ3n) is 1.06. The van der Waals surface area contributed by atoms with Gasteiger partial charge in [-0.15, -0.1) is 0 Å². The summed E-state index contributed by atoms with van der Waals surface area (Å²) in [5.41, 5.74) is 0. The van der Waals surface area contributed by atoms with Crippen LogP contribution in [0, 0.1) is 11.6 Å². The summed E-state index contributed by atoms with van der Waals surface area (Å²) in [6, 6.07) is 1.01. The first-order chi connectivity index (χ1) is 5.04. The van der Waals surface area contributed by atoms with Gasteiger partial charge in [0.15, 0.2) is 11.6 Å². The van der Waals surface area contributed by atoms with Gasteiger partial charge < -0.3 is 0 Å². The lowest BCUT2D eigenvalue weighted by molar-refractivity contribution is 0.572. The molecule has 0 radical (unpaired) electrons. The van der Waals surface area contributed by atoms with Crippen molar-refractivity contribution in [1.82, 2.24) is 0 Å². The molecule has 0 saturated heterocycles. The summed E-state index contributed by atoms with van der Waals surface area (Å²) in [7, 11) is 0. The fourth-order valence-corrected chi connectivity index (χ4v) is 1.66. The van der Waals surface area contributed by atoms with E-state index in [0.717, 1.165) is 6.07 Å². The molecule has 0 N–H and O–H groups in total. The number of benzene rings is 1. The molecule has 0 unspecified atom stereocenters. The van der Waals surface area contributed by atoms with Crippen LogP contribution < -0.4 is 0 Å². The van der Waals surface area contributed by atoms with Gasteiger partial charge in [0.1, 0.15) is 0 Å². The monoisotopic (exact) mass is 260 g/mol. The molecule has 0 aromatic heterocycles. The molecule has 5 heteroatoms. The first kappa shape index (κ1) is 9.23. The van der Waals surface area contributed by atoms with Gasteiger partial charge in [-0.25, -0.2) is 8.78 Å². The third-order valence-corrected chi connectivity index (χ3v) is 2.30. The van der Waals surface area contributed by atoms with Gasteiger partial charge in [0.25, 0.3) is 0 Å². The molecule has 0 aliphatic carbocycles. The van der Waals surface area contributed by atoms with Crippen LogP contribution in [0.4, 0.5) is 8.78 Å². The summed E-state index contributed by atoms with van der Waals surface area (Å²) >= 11 is 13.3. The minimum atomic E-state index is -0.839. The zero-order chi connectivity index (χ0) is 8.59. The van der Waals surface area contributed by atoms with Crippen LogP contribution in [-0.2, 0) is 0 Å². The summed E-state index contributed by atoms with van der Waals surface area (Å²) in [6.45, 7) is 0. The number of halogens is 5. The van der Waals surface area contributed by atoms with Gasteiger partial charge in [-0.2, -0.15) is 0 Å². The standard InChI is InChI=1S/C6HBrCl2F2/c7-4-5(10)2(8)1-3(9)6(4)11/h1H. The Morgan fingerprint density at radius 3 is 1.82 bits per heavy atom. The topological polar surface area (TPSA) is 0 Å². The average Bonchev–Trinajstić information content (AvgIpc) is 1.97. The molecule has 0 amide bonds. The van der Waals surface area contributed by atoms with Crippen LogP contribution in [0.25, 0.3) is 0 Å². The highest BCUT2D eigenvalue weighted by molar-refractivity contribution is 9.10. The minimum Gasteiger partial charge on any atom is -0.204 e. The zero-order valence-electron chi connectivity index (χ0n) is 4.97. The zero-order valence-corrected chi connectivity index (χ0v) is 8.07. The minimum absolute atomic E-state index is 0.205. The molecule has 0 atom stereocenters. The Bertz CT molecular complexity index is 275. The summed E-state index contributed by atoms with van der Waals surface area (Å²) in [4.78, 5) is 0. The van der Waals surface area contributed by atoms with Crippen LogP contribution >= 0.6 is 39.1 Å². The van der Waals surface area contributed by atoms with E-state index in [4.69, 9.17) is 23.2 Å². The maximum Gasteiger partial charge on any atom is 0.159 e. The van der Waals surface area contributed by atoms with Crippen LogP contribution in [0.3, 0.4) is 0 Å². The lowest BCUT2D eigenvalue weighted by atomic mass is 10.3. The predicted octanol–water partition coefficient (Wildman–Crippen LogP) is 4.03. The van der Waals surface area contributed by atoms with Gasteiger partial charge in [0, 0.05) is 0 Å². The summed E-state index contributed by atoms with van der Waals surface area (Å²) in [5, 5.41) is -0.411. The summed E-state index contributed by atoms with van der Waals surface area (Å²) in [5.74, 6) is -1.68. The fraction of sp³-hybridized carbons (Fsp3) is 0. The van der Waals surface area contributed by atoms with E-state index in [9.17, 15) is 8.78 Å². The van der Waals surface area contributed by atoms with E-state index in [1.54, 1.807) is 0 Å². The molecule has 0 aliphatic rings. The molecule has 0 heterocycles. The molecular formula is C6HBrCl2F2. The van der Waals surface area contributed by atoms with E-state index in [-0.39, 0.29) is 14.5 Å². The van der Waals surface area contributed by atoms with E-state index >= 15 is 0 Å². The van der Waals surface area contributed by atoms with Gasteiger partial charge >= 0.3 is 0 Å². The van der Waals surface area contributed by atoms with Gasteiger partial charge in [-0.3, -0.25) is 0 Å². The van der Waals surface area contributed by atoms with Crippen molar-refractivity contribution >= 4 is 39.1 Å². The van der Waals surface area contributed by atoms with E-state index in [0.29, 0.717) is 0 Å². The van der Waals surface area contributed by atoms with Crippen LogP contribution in [0.15, 0.2) is 10.5 Å². The Morgan fingerprint density at radius 2 is 1.45 bits per heavy atom. The molecule has 0 aliphatic heterocycles. The van der Waals surface area contributed by atoms with Crippen molar-refractivity contribution in [2.75, 3.05) is 0 Å². The van der Waals surface area contributed by atoms with Gasteiger partial charge in [0.2, 0.25) is 0 Å². The normalized spacial score (nSPS) is 10.3. The second kappa shape index (κ2) is 3.25. The van der Waals surface area contributed by atoms with Crippen molar-refractivity contribution in [2.24, 2.45) is 0 Å².